The monoisotopic (exact) mass is 322 g/mol. The number of hydrogen-bond donors (Lipinski definition) is 1. The number of anilines is 1. The highest BCUT2D eigenvalue weighted by atomic mass is 35.5. The Morgan fingerprint density at radius 3 is 2.62 bits per heavy atom. The minimum absolute atomic E-state index is 0.669. The van der Waals surface area contributed by atoms with Crippen LogP contribution < -0.4 is 10.6 Å². The van der Waals surface area contributed by atoms with Crippen molar-refractivity contribution in [2.24, 2.45) is 11.7 Å². The molecule has 6 heteroatoms. The molecule has 1 aliphatic heterocycles. The van der Waals surface area contributed by atoms with Gasteiger partial charge in [0.1, 0.15) is 5.82 Å². The van der Waals surface area contributed by atoms with Crippen LogP contribution >= 0.6 is 23.1 Å². The van der Waals surface area contributed by atoms with Crippen molar-refractivity contribution in [2.75, 3.05) is 24.5 Å². The highest BCUT2D eigenvalue weighted by Gasteiger charge is 2.20. The van der Waals surface area contributed by atoms with E-state index in [0.717, 1.165) is 54.9 Å². The lowest BCUT2D eigenvalue weighted by Gasteiger charge is -2.30. The van der Waals surface area contributed by atoms with Crippen LogP contribution in [-0.4, -0.2) is 29.0 Å². The molecule has 1 aromatic carbocycles. The van der Waals surface area contributed by atoms with Crippen molar-refractivity contribution in [3.63, 3.8) is 0 Å². The average molecular weight is 323 g/mol. The van der Waals surface area contributed by atoms with Crippen molar-refractivity contribution in [3.8, 4) is 0 Å². The van der Waals surface area contributed by atoms with E-state index in [0.29, 0.717) is 5.92 Å². The van der Waals surface area contributed by atoms with Gasteiger partial charge in [0.25, 0.3) is 0 Å². The number of benzene rings is 1. The summed E-state index contributed by atoms with van der Waals surface area (Å²) in [4.78, 5) is 7.00. The third-order valence-electron chi connectivity index (χ3n) is 3.95. The van der Waals surface area contributed by atoms with Gasteiger partial charge < -0.3 is 10.6 Å². The van der Waals surface area contributed by atoms with E-state index in [1.165, 1.54) is 17.1 Å². The lowest BCUT2D eigenvalue weighted by atomic mass is 9.98. The van der Waals surface area contributed by atoms with Gasteiger partial charge in [-0.3, -0.25) is 0 Å². The number of hydrogen-bond acceptors (Lipinski definition) is 5. The molecule has 0 radical (unpaired) electrons. The summed E-state index contributed by atoms with van der Waals surface area (Å²) in [5.74, 6) is 1.56. The lowest BCUT2D eigenvalue weighted by Crippen LogP contribution is -2.36. The number of nitrogens with two attached hydrogens (primary N) is 1. The van der Waals surface area contributed by atoms with Crippen LogP contribution in [0.1, 0.15) is 24.2 Å². The third-order valence-corrected chi connectivity index (χ3v) is 5.02. The Morgan fingerprint density at radius 1 is 1.24 bits per heavy atom. The van der Waals surface area contributed by atoms with E-state index < -0.39 is 0 Å². The molecule has 2 N–H and O–H groups in total. The van der Waals surface area contributed by atoms with Gasteiger partial charge in [-0.2, -0.15) is 4.37 Å². The van der Waals surface area contributed by atoms with Crippen molar-refractivity contribution >= 4 is 28.3 Å². The van der Waals surface area contributed by atoms with Gasteiger partial charge >= 0.3 is 0 Å². The topological polar surface area (TPSA) is 55.0 Å². The summed E-state index contributed by atoms with van der Waals surface area (Å²) in [7, 11) is 0. The minimum atomic E-state index is 0.669. The van der Waals surface area contributed by atoms with E-state index in [9.17, 15) is 0 Å². The van der Waals surface area contributed by atoms with Crippen LogP contribution in [0.2, 0.25) is 5.02 Å². The molecule has 0 aliphatic carbocycles. The number of piperidine rings is 1. The van der Waals surface area contributed by atoms with Crippen LogP contribution in [0.3, 0.4) is 0 Å². The molecule has 2 aromatic rings. The van der Waals surface area contributed by atoms with Gasteiger partial charge in [0, 0.05) is 36.1 Å². The number of halogens is 1. The van der Waals surface area contributed by atoms with Crippen molar-refractivity contribution in [3.05, 3.63) is 40.7 Å². The first kappa shape index (κ1) is 14.8. The second-order valence-corrected chi connectivity index (χ2v) is 6.63. The zero-order chi connectivity index (χ0) is 14.7. The van der Waals surface area contributed by atoms with E-state index in [1.54, 1.807) is 0 Å². The van der Waals surface area contributed by atoms with Gasteiger partial charge in [-0.05, 0) is 43.0 Å². The standard InChI is InChI=1S/C15H19ClN4S/c16-13-3-1-11(2-4-13)9-14-18-15(21-19-14)20-7-5-12(10-17)6-8-20/h1-4,12H,5-10,17H2. The smallest absolute Gasteiger partial charge is 0.205 e. The molecule has 21 heavy (non-hydrogen) atoms. The fraction of sp³-hybridized carbons (Fsp3) is 0.467. The Balaban J connectivity index is 1.62. The normalized spacial score (nSPS) is 16.4. The van der Waals surface area contributed by atoms with Gasteiger partial charge in [-0.1, -0.05) is 23.7 Å². The maximum Gasteiger partial charge on any atom is 0.205 e. The lowest BCUT2D eigenvalue weighted by molar-refractivity contribution is 0.414. The van der Waals surface area contributed by atoms with Gasteiger partial charge in [0.2, 0.25) is 5.13 Å². The first-order valence-corrected chi connectivity index (χ1v) is 8.42. The molecule has 0 amide bonds. The molecule has 2 heterocycles. The molecule has 1 aromatic heterocycles. The largest absolute Gasteiger partial charge is 0.347 e. The van der Waals surface area contributed by atoms with Crippen molar-refractivity contribution in [1.82, 2.24) is 9.36 Å². The number of aromatic nitrogens is 2. The molecule has 112 valence electrons. The summed E-state index contributed by atoms with van der Waals surface area (Å²) < 4.78 is 4.48. The molecule has 0 bridgehead atoms. The molecular formula is C15H19ClN4S. The summed E-state index contributed by atoms with van der Waals surface area (Å²) in [5.41, 5.74) is 6.92. The first-order valence-electron chi connectivity index (χ1n) is 7.26. The molecule has 0 saturated carbocycles. The molecule has 0 spiro atoms. The Hall–Kier alpha value is -1.17. The van der Waals surface area contributed by atoms with E-state index >= 15 is 0 Å². The van der Waals surface area contributed by atoms with Crippen LogP contribution in [0.5, 0.6) is 0 Å². The molecule has 4 nitrogen and oxygen atoms in total. The third kappa shape index (κ3) is 3.73. The Kier molecular flexibility index (Phi) is 4.73. The molecule has 1 saturated heterocycles. The molecule has 1 aliphatic rings. The summed E-state index contributed by atoms with van der Waals surface area (Å²) in [6, 6.07) is 7.86. The molecular weight excluding hydrogens is 304 g/mol. The maximum atomic E-state index is 5.90. The van der Waals surface area contributed by atoms with E-state index in [4.69, 9.17) is 17.3 Å². The van der Waals surface area contributed by atoms with Crippen molar-refractivity contribution in [1.29, 1.82) is 0 Å². The number of nitrogens with zero attached hydrogens (tertiary/aromatic N) is 3. The van der Waals surface area contributed by atoms with Crippen molar-refractivity contribution < 1.29 is 0 Å². The second kappa shape index (κ2) is 6.73. The highest BCUT2D eigenvalue weighted by molar-refractivity contribution is 7.09. The van der Waals surface area contributed by atoms with E-state index in [1.807, 2.05) is 24.3 Å². The van der Waals surface area contributed by atoms with Crippen LogP contribution in [0.25, 0.3) is 0 Å². The van der Waals surface area contributed by atoms with Gasteiger partial charge in [-0.15, -0.1) is 0 Å². The second-order valence-electron chi connectivity index (χ2n) is 5.46. The Labute approximate surface area is 134 Å². The fourth-order valence-corrected chi connectivity index (χ4v) is 3.45. The molecule has 0 atom stereocenters. The van der Waals surface area contributed by atoms with E-state index in [-0.39, 0.29) is 0 Å². The van der Waals surface area contributed by atoms with Crippen LogP contribution in [-0.2, 0) is 6.42 Å². The van der Waals surface area contributed by atoms with Gasteiger partial charge in [0.15, 0.2) is 0 Å². The summed E-state index contributed by atoms with van der Waals surface area (Å²) in [6.45, 7) is 2.88. The number of rotatable bonds is 4. The zero-order valence-electron chi connectivity index (χ0n) is 11.8. The zero-order valence-corrected chi connectivity index (χ0v) is 13.4. The van der Waals surface area contributed by atoms with Crippen LogP contribution in [0.15, 0.2) is 24.3 Å². The van der Waals surface area contributed by atoms with Crippen molar-refractivity contribution in [2.45, 2.75) is 19.3 Å². The van der Waals surface area contributed by atoms with Gasteiger partial charge in [0.05, 0.1) is 0 Å². The van der Waals surface area contributed by atoms with Gasteiger partial charge in [-0.25, -0.2) is 4.98 Å². The first-order chi connectivity index (χ1) is 10.2. The average Bonchev–Trinajstić information content (AvgIpc) is 2.98. The summed E-state index contributed by atoms with van der Waals surface area (Å²) in [6.07, 6.45) is 3.07. The fourth-order valence-electron chi connectivity index (χ4n) is 2.59. The van der Waals surface area contributed by atoms with E-state index in [2.05, 4.69) is 14.3 Å². The summed E-state index contributed by atoms with van der Waals surface area (Å²) >= 11 is 7.39. The highest BCUT2D eigenvalue weighted by Crippen LogP contribution is 2.25. The Morgan fingerprint density at radius 2 is 1.95 bits per heavy atom. The minimum Gasteiger partial charge on any atom is -0.347 e. The van der Waals surface area contributed by atoms with Crippen LogP contribution in [0, 0.1) is 5.92 Å². The summed E-state index contributed by atoms with van der Waals surface area (Å²) in [5, 5.41) is 1.79. The molecule has 3 rings (SSSR count). The predicted octanol–water partition coefficient (Wildman–Crippen LogP) is 2.96. The molecule has 1 fully saturated rings. The van der Waals surface area contributed by atoms with Crippen LogP contribution in [0.4, 0.5) is 5.13 Å². The quantitative estimate of drug-likeness (QED) is 0.940. The predicted molar refractivity (Wildman–Crippen MR) is 88.2 cm³/mol. The Bertz CT molecular complexity index is 576. The molecule has 0 unspecified atom stereocenters. The maximum absolute atomic E-state index is 5.90. The SMILES string of the molecule is NCC1CCN(c2nc(Cc3ccc(Cl)cc3)ns2)CC1.